The number of benzene rings is 3. The second-order valence-corrected chi connectivity index (χ2v) is 10.2. The largest absolute Gasteiger partial charge is 0.490 e. The van der Waals surface area contributed by atoms with E-state index in [2.05, 4.69) is 15.2 Å². The van der Waals surface area contributed by atoms with Gasteiger partial charge in [-0.25, -0.2) is 0 Å². The third-order valence-corrected chi connectivity index (χ3v) is 7.43. The summed E-state index contributed by atoms with van der Waals surface area (Å²) in [6.45, 7) is 1.96. The Morgan fingerprint density at radius 2 is 1.70 bits per heavy atom. The number of nitrogens with zero attached hydrogens (tertiary/aromatic N) is 2. The van der Waals surface area contributed by atoms with E-state index >= 15 is 0 Å². The van der Waals surface area contributed by atoms with Gasteiger partial charge in [-0.05, 0) is 66.4 Å². The van der Waals surface area contributed by atoms with Crippen molar-refractivity contribution in [3.63, 3.8) is 0 Å². The predicted molar refractivity (Wildman–Crippen MR) is 147 cm³/mol. The molecule has 0 radical (unpaired) electrons. The minimum Gasteiger partial charge on any atom is -0.490 e. The molecule has 5 rings (SSSR count). The molecule has 2 heterocycles. The van der Waals surface area contributed by atoms with Crippen LogP contribution >= 0.6 is 0 Å². The van der Waals surface area contributed by atoms with Crippen molar-refractivity contribution >= 4 is 17.4 Å². The average molecular weight is 550 g/mol. The van der Waals surface area contributed by atoms with E-state index in [1.807, 2.05) is 37.4 Å². The Morgan fingerprint density at radius 3 is 2.38 bits per heavy atom. The second kappa shape index (κ2) is 11.3. The summed E-state index contributed by atoms with van der Waals surface area (Å²) >= 11 is 0. The van der Waals surface area contributed by atoms with E-state index in [4.69, 9.17) is 4.74 Å². The molecule has 0 unspecified atom stereocenters. The third kappa shape index (κ3) is 5.94. The van der Waals surface area contributed by atoms with Gasteiger partial charge in [0.2, 0.25) is 0 Å². The number of likely N-dealkylation sites (N-methyl/N-ethyl adjacent to an activating group) is 1. The van der Waals surface area contributed by atoms with Crippen molar-refractivity contribution in [1.29, 1.82) is 0 Å². The maximum atomic E-state index is 13.9. The topological polar surface area (TPSA) is 71.0 Å². The minimum atomic E-state index is -4.64. The molecule has 3 aromatic carbocycles. The molecule has 1 saturated heterocycles. The number of ether oxygens (including phenoxy) is 1. The van der Waals surface area contributed by atoms with E-state index in [1.165, 1.54) is 12.1 Å². The Morgan fingerprint density at radius 1 is 1.00 bits per heavy atom. The van der Waals surface area contributed by atoms with Crippen LogP contribution in [-0.4, -0.2) is 55.6 Å². The van der Waals surface area contributed by atoms with Gasteiger partial charge in [0.1, 0.15) is 17.6 Å². The number of hydrogen-bond acceptors (Lipinski definition) is 5. The smallest absolute Gasteiger partial charge is 0.419 e. The van der Waals surface area contributed by atoms with Crippen molar-refractivity contribution in [1.82, 2.24) is 10.2 Å². The molecule has 2 aliphatic heterocycles. The van der Waals surface area contributed by atoms with Crippen LogP contribution < -0.4 is 10.1 Å². The van der Waals surface area contributed by atoms with Crippen LogP contribution in [0.1, 0.15) is 45.5 Å². The first-order valence-electron chi connectivity index (χ1n) is 13.2. The molecule has 2 aliphatic rings. The number of carbonyl (C=O) groups excluding carboxylic acids is 2. The Labute approximate surface area is 230 Å². The Bertz CT molecular complexity index is 1460. The zero-order valence-corrected chi connectivity index (χ0v) is 22.3. The summed E-state index contributed by atoms with van der Waals surface area (Å²) in [7, 11) is 3.54. The predicted octanol–water partition coefficient (Wildman–Crippen LogP) is 5.32. The number of alkyl halides is 3. The van der Waals surface area contributed by atoms with E-state index in [0.717, 1.165) is 41.4 Å². The van der Waals surface area contributed by atoms with Crippen molar-refractivity contribution in [2.75, 3.05) is 27.2 Å². The highest BCUT2D eigenvalue weighted by atomic mass is 19.4. The number of Topliss-reactive ketones (excluding diaryl/α,β-unsaturated/α-hetero) is 1. The summed E-state index contributed by atoms with van der Waals surface area (Å²) in [5.41, 5.74) is 3.83. The molecule has 1 N–H and O–H groups in total. The maximum absolute atomic E-state index is 13.9. The molecular formula is C31H30F3N3O3. The van der Waals surface area contributed by atoms with Crippen LogP contribution in [-0.2, 0) is 23.9 Å². The minimum absolute atomic E-state index is 0.00216. The number of hydrogen-bond donors (Lipinski definition) is 1. The van der Waals surface area contributed by atoms with Crippen molar-refractivity contribution < 1.29 is 27.5 Å². The first-order chi connectivity index (χ1) is 19.1. The van der Waals surface area contributed by atoms with Gasteiger partial charge in [0.05, 0.1) is 12.1 Å². The quantitative estimate of drug-likeness (QED) is 0.405. The number of aliphatic imine (C=N–C) groups is 1. The lowest BCUT2D eigenvalue weighted by atomic mass is 9.96. The molecule has 40 heavy (non-hydrogen) atoms. The highest BCUT2D eigenvalue weighted by Gasteiger charge is 2.36. The number of fused-ring (bicyclic) bond motifs is 1. The van der Waals surface area contributed by atoms with Gasteiger partial charge in [-0.1, -0.05) is 36.4 Å². The zero-order valence-electron chi connectivity index (χ0n) is 22.3. The van der Waals surface area contributed by atoms with E-state index in [1.54, 1.807) is 19.2 Å². The lowest BCUT2D eigenvalue weighted by Crippen LogP contribution is -2.36. The third-order valence-electron chi connectivity index (χ3n) is 7.43. The molecule has 0 bridgehead atoms. The van der Waals surface area contributed by atoms with Crippen molar-refractivity contribution in [3.8, 4) is 16.9 Å². The Hall–Kier alpha value is -3.98. The van der Waals surface area contributed by atoms with E-state index in [0.29, 0.717) is 30.7 Å². The summed E-state index contributed by atoms with van der Waals surface area (Å²) in [5.74, 6) is -0.854. The fourth-order valence-corrected chi connectivity index (χ4v) is 5.11. The van der Waals surface area contributed by atoms with Crippen molar-refractivity contribution in [2.45, 2.75) is 38.1 Å². The maximum Gasteiger partial charge on any atom is 0.419 e. The number of carbonyl (C=O) groups is 2. The van der Waals surface area contributed by atoms with Crippen LogP contribution in [0.15, 0.2) is 65.7 Å². The number of nitrogens with one attached hydrogen (secondary N) is 1. The standard InChI is InChI=1S/C31H30F3N3O3/c1-35-30(39)29-25-9-7-21(16-23(25)18-36-29)20-5-3-19(4-6-20)15-27(38)22-8-10-28(26(17-22)31(32,33)34)40-24-11-13-37(2)14-12-24/h3-10,16-17,24H,11-15,18H2,1-2H3,(H,35,39). The van der Waals surface area contributed by atoms with Crippen LogP contribution in [0.25, 0.3) is 11.1 Å². The molecule has 6 nitrogen and oxygen atoms in total. The van der Waals surface area contributed by atoms with E-state index in [-0.39, 0.29) is 29.7 Å². The molecule has 0 aromatic heterocycles. The first kappa shape index (κ1) is 27.6. The van der Waals surface area contributed by atoms with E-state index < -0.39 is 17.5 Å². The van der Waals surface area contributed by atoms with Gasteiger partial charge in [-0.3, -0.25) is 14.6 Å². The molecule has 0 aliphatic carbocycles. The van der Waals surface area contributed by atoms with Gasteiger partial charge in [0, 0.05) is 37.7 Å². The van der Waals surface area contributed by atoms with Gasteiger partial charge in [0.15, 0.2) is 5.78 Å². The summed E-state index contributed by atoms with van der Waals surface area (Å²) in [5, 5.41) is 2.60. The van der Waals surface area contributed by atoms with Crippen LogP contribution in [0.4, 0.5) is 13.2 Å². The van der Waals surface area contributed by atoms with Gasteiger partial charge in [-0.2, -0.15) is 13.2 Å². The molecule has 9 heteroatoms. The number of piperidine rings is 1. The van der Waals surface area contributed by atoms with Crippen LogP contribution in [0.5, 0.6) is 5.75 Å². The molecule has 208 valence electrons. The molecule has 3 aromatic rings. The SMILES string of the molecule is CNC(=O)C1=NCc2cc(-c3ccc(CC(=O)c4ccc(OC5CCN(C)CC5)c(C(F)(F)F)c4)cc3)ccc21. The van der Waals surface area contributed by atoms with Gasteiger partial charge >= 0.3 is 6.18 Å². The Balaban J connectivity index is 1.28. The van der Waals surface area contributed by atoms with Crippen molar-refractivity contribution in [2.24, 2.45) is 4.99 Å². The lowest BCUT2D eigenvalue weighted by Gasteiger charge is -2.30. The Kier molecular flexibility index (Phi) is 7.76. The summed E-state index contributed by atoms with van der Waals surface area (Å²) in [6.07, 6.45) is -3.64. The lowest BCUT2D eigenvalue weighted by molar-refractivity contribution is -0.139. The number of ketones is 1. The highest BCUT2D eigenvalue weighted by Crippen LogP contribution is 2.38. The zero-order chi connectivity index (χ0) is 28.4. The monoisotopic (exact) mass is 549 g/mol. The average Bonchev–Trinajstić information content (AvgIpc) is 3.37. The van der Waals surface area contributed by atoms with Gasteiger partial charge < -0.3 is 15.0 Å². The van der Waals surface area contributed by atoms with Crippen LogP contribution in [0, 0.1) is 0 Å². The molecule has 1 amide bonds. The number of halogens is 3. The van der Waals surface area contributed by atoms with Crippen LogP contribution in [0.2, 0.25) is 0 Å². The summed E-state index contributed by atoms with van der Waals surface area (Å²) < 4.78 is 47.4. The fraction of sp³-hybridized carbons (Fsp3) is 0.323. The number of amides is 1. The van der Waals surface area contributed by atoms with Gasteiger partial charge in [-0.15, -0.1) is 0 Å². The molecular weight excluding hydrogens is 519 g/mol. The number of rotatable bonds is 7. The van der Waals surface area contributed by atoms with Gasteiger partial charge in [0.25, 0.3) is 5.91 Å². The van der Waals surface area contributed by atoms with E-state index in [9.17, 15) is 22.8 Å². The first-order valence-corrected chi connectivity index (χ1v) is 13.2. The fourth-order valence-electron chi connectivity index (χ4n) is 5.11. The second-order valence-electron chi connectivity index (χ2n) is 10.2. The summed E-state index contributed by atoms with van der Waals surface area (Å²) in [4.78, 5) is 31.4. The van der Waals surface area contributed by atoms with Crippen molar-refractivity contribution in [3.05, 3.63) is 88.5 Å². The van der Waals surface area contributed by atoms with Crippen LogP contribution in [0.3, 0.4) is 0 Å². The number of likely N-dealkylation sites (tertiary alicyclic amines) is 1. The molecule has 0 saturated carbocycles. The molecule has 0 atom stereocenters. The summed E-state index contributed by atoms with van der Waals surface area (Å²) in [6, 6.07) is 16.7. The normalized spacial score (nSPS) is 15.9. The molecule has 0 spiro atoms. The highest BCUT2D eigenvalue weighted by molar-refractivity contribution is 6.46. The molecule has 1 fully saturated rings.